The zero-order chi connectivity index (χ0) is 16.2. The number of hydrogen-bond donors (Lipinski definition) is 2. The van der Waals surface area contributed by atoms with Crippen molar-refractivity contribution in [1.29, 1.82) is 0 Å². The number of nitrogens with zero attached hydrogens (tertiary/aromatic N) is 1. The van der Waals surface area contributed by atoms with Crippen molar-refractivity contribution >= 4 is 5.91 Å². The summed E-state index contributed by atoms with van der Waals surface area (Å²) in [5.41, 5.74) is 0. The number of rotatable bonds is 3. The van der Waals surface area contributed by atoms with Gasteiger partial charge in [0, 0.05) is 25.2 Å². The molecule has 0 aromatic carbocycles. The Labute approximate surface area is 140 Å². The first-order valence-electron chi connectivity index (χ1n) is 9.52. The molecule has 0 radical (unpaired) electrons. The standard InChI is InChI=1S/C18H33N3O2/c1-13-9-17(10-14(2)23-13)21-8-4-6-16(12-21)20-18(22)15-5-3-7-19-11-15/h13-17,19H,3-12H2,1-2H3,(H,20,22)/t13-,14-,15+,16+/m1/s1. The molecule has 1 amide bonds. The summed E-state index contributed by atoms with van der Waals surface area (Å²) >= 11 is 0. The van der Waals surface area contributed by atoms with Crippen molar-refractivity contribution in [1.82, 2.24) is 15.5 Å². The van der Waals surface area contributed by atoms with E-state index in [-0.39, 0.29) is 11.8 Å². The SMILES string of the molecule is C[C@@H]1CC(N2CCC[C@H](NC(=O)[C@H]3CCCNC3)C2)C[C@@H](C)O1. The van der Waals surface area contributed by atoms with E-state index in [4.69, 9.17) is 4.74 Å². The third kappa shape index (κ3) is 4.68. The van der Waals surface area contributed by atoms with Gasteiger partial charge in [-0.2, -0.15) is 0 Å². The Morgan fingerprint density at radius 1 is 1.17 bits per heavy atom. The minimum absolute atomic E-state index is 0.169. The summed E-state index contributed by atoms with van der Waals surface area (Å²) in [6.45, 7) is 8.44. The van der Waals surface area contributed by atoms with Gasteiger partial charge in [-0.15, -0.1) is 0 Å². The second kappa shape index (κ2) is 7.95. The zero-order valence-electron chi connectivity index (χ0n) is 14.7. The van der Waals surface area contributed by atoms with Gasteiger partial charge in [-0.1, -0.05) is 0 Å². The number of likely N-dealkylation sites (tertiary alicyclic amines) is 1. The van der Waals surface area contributed by atoms with Crippen LogP contribution in [0.25, 0.3) is 0 Å². The lowest BCUT2D eigenvalue weighted by Gasteiger charge is -2.43. The highest BCUT2D eigenvalue weighted by atomic mass is 16.5. The molecule has 4 atom stereocenters. The van der Waals surface area contributed by atoms with Gasteiger partial charge >= 0.3 is 0 Å². The van der Waals surface area contributed by atoms with Gasteiger partial charge in [-0.05, 0) is 65.5 Å². The fraction of sp³-hybridized carbons (Fsp3) is 0.944. The molecule has 0 unspecified atom stereocenters. The monoisotopic (exact) mass is 323 g/mol. The number of nitrogens with one attached hydrogen (secondary N) is 2. The Kier molecular flexibility index (Phi) is 5.94. The average Bonchev–Trinajstić information content (AvgIpc) is 2.55. The Bertz CT molecular complexity index is 388. The molecule has 0 aromatic rings. The summed E-state index contributed by atoms with van der Waals surface area (Å²) < 4.78 is 5.87. The van der Waals surface area contributed by atoms with Crippen LogP contribution in [0.4, 0.5) is 0 Å². The van der Waals surface area contributed by atoms with Crippen LogP contribution in [0.5, 0.6) is 0 Å². The highest BCUT2D eigenvalue weighted by molar-refractivity contribution is 5.79. The molecule has 2 N–H and O–H groups in total. The van der Waals surface area contributed by atoms with E-state index in [1.54, 1.807) is 0 Å². The van der Waals surface area contributed by atoms with E-state index in [9.17, 15) is 4.79 Å². The first-order chi connectivity index (χ1) is 11.1. The molecule has 0 aliphatic carbocycles. The average molecular weight is 323 g/mol. The fourth-order valence-corrected chi connectivity index (χ4v) is 4.52. The Balaban J connectivity index is 1.50. The molecule has 5 nitrogen and oxygen atoms in total. The first kappa shape index (κ1) is 17.2. The van der Waals surface area contributed by atoms with Crippen molar-refractivity contribution in [2.75, 3.05) is 26.2 Å². The molecule has 3 fully saturated rings. The Morgan fingerprint density at radius 2 is 1.96 bits per heavy atom. The van der Waals surface area contributed by atoms with Gasteiger partial charge in [0.25, 0.3) is 0 Å². The molecule has 132 valence electrons. The van der Waals surface area contributed by atoms with Crippen LogP contribution in [0.15, 0.2) is 0 Å². The van der Waals surface area contributed by atoms with Crippen molar-refractivity contribution in [3.63, 3.8) is 0 Å². The summed E-state index contributed by atoms with van der Waals surface area (Å²) in [6.07, 6.45) is 7.41. The number of hydrogen-bond acceptors (Lipinski definition) is 4. The van der Waals surface area contributed by atoms with Crippen LogP contribution in [0.3, 0.4) is 0 Å². The molecular weight excluding hydrogens is 290 g/mol. The largest absolute Gasteiger partial charge is 0.375 e. The minimum Gasteiger partial charge on any atom is -0.375 e. The smallest absolute Gasteiger partial charge is 0.224 e. The number of carbonyl (C=O) groups is 1. The summed E-state index contributed by atoms with van der Waals surface area (Å²) in [7, 11) is 0. The first-order valence-corrected chi connectivity index (χ1v) is 9.52. The molecule has 3 saturated heterocycles. The van der Waals surface area contributed by atoms with Crippen molar-refractivity contribution < 1.29 is 9.53 Å². The van der Waals surface area contributed by atoms with Gasteiger partial charge in [-0.25, -0.2) is 0 Å². The molecule has 0 spiro atoms. The minimum atomic E-state index is 0.169. The number of carbonyl (C=O) groups excluding carboxylic acids is 1. The van der Waals surface area contributed by atoms with Crippen LogP contribution in [-0.2, 0) is 9.53 Å². The van der Waals surface area contributed by atoms with Crippen LogP contribution in [0, 0.1) is 5.92 Å². The van der Waals surface area contributed by atoms with E-state index in [0.717, 1.165) is 51.7 Å². The quantitative estimate of drug-likeness (QED) is 0.827. The second-order valence-corrected chi connectivity index (χ2v) is 7.77. The summed E-state index contributed by atoms with van der Waals surface area (Å²) in [5.74, 6) is 0.431. The molecule has 0 aromatic heterocycles. The van der Waals surface area contributed by atoms with E-state index < -0.39 is 0 Å². The van der Waals surface area contributed by atoms with E-state index in [2.05, 4.69) is 29.4 Å². The molecule has 3 aliphatic heterocycles. The van der Waals surface area contributed by atoms with Crippen molar-refractivity contribution in [2.45, 2.75) is 76.7 Å². The summed E-state index contributed by atoms with van der Waals surface area (Å²) in [4.78, 5) is 15.1. The Hall–Kier alpha value is -0.650. The summed E-state index contributed by atoms with van der Waals surface area (Å²) in [6, 6.07) is 0.941. The molecular formula is C18H33N3O2. The normalized spacial score (nSPS) is 39.8. The lowest BCUT2D eigenvalue weighted by Crippen LogP contribution is -2.54. The van der Waals surface area contributed by atoms with Gasteiger partial charge in [0.05, 0.1) is 18.1 Å². The third-order valence-corrected chi connectivity index (χ3v) is 5.66. The predicted octanol–water partition coefficient (Wildman–Crippen LogP) is 1.52. The van der Waals surface area contributed by atoms with Crippen LogP contribution in [0.1, 0.15) is 52.4 Å². The van der Waals surface area contributed by atoms with E-state index >= 15 is 0 Å². The maximum absolute atomic E-state index is 12.5. The zero-order valence-corrected chi connectivity index (χ0v) is 14.7. The fourth-order valence-electron chi connectivity index (χ4n) is 4.52. The molecule has 3 rings (SSSR count). The highest BCUT2D eigenvalue weighted by Gasteiger charge is 2.33. The summed E-state index contributed by atoms with van der Waals surface area (Å²) in [5, 5.41) is 6.67. The van der Waals surface area contributed by atoms with Gasteiger partial charge in [0.15, 0.2) is 0 Å². The van der Waals surface area contributed by atoms with Crippen molar-refractivity contribution in [2.24, 2.45) is 5.92 Å². The Morgan fingerprint density at radius 3 is 2.65 bits per heavy atom. The second-order valence-electron chi connectivity index (χ2n) is 7.77. The molecule has 23 heavy (non-hydrogen) atoms. The van der Waals surface area contributed by atoms with Crippen molar-refractivity contribution in [3.05, 3.63) is 0 Å². The molecule has 0 saturated carbocycles. The topological polar surface area (TPSA) is 53.6 Å². The van der Waals surface area contributed by atoms with Gasteiger partial charge in [-0.3, -0.25) is 9.69 Å². The van der Waals surface area contributed by atoms with Crippen LogP contribution < -0.4 is 10.6 Å². The lowest BCUT2D eigenvalue weighted by molar-refractivity contribution is -0.127. The molecule has 5 heteroatoms. The molecule has 3 heterocycles. The van der Waals surface area contributed by atoms with E-state index in [0.29, 0.717) is 24.3 Å². The lowest BCUT2D eigenvalue weighted by atomic mass is 9.94. The number of amides is 1. The van der Waals surface area contributed by atoms with Crippen LogP contribution in [-0.4, -0.2) is 61.3 Å². The third-order valence-electron chi connectivity index (χ3n) is 5.66. The van der Waals surface area contributed by atoms with Crippen LogP contribution in [0.2, 0.25) is 0 Å². The number of piperidine rings is 2. The predicted molar refractivity (Wildman–Crippen MR) is 91.4 cm³/mol. The molecule has 0 bridgehead atoms. The van der Waals surface area contributed by atoms with E-state index in [1.165, 1.54) is 13.0 Å². The maximum Gasteiger partial charge on any atom is 0.224 e. The van der Waals surface area contributed by atoms with Crippen LogP contribution >= 0.6 is 0 Å². The van der Waals surface area contributed by atoms with Crippen molar-refractivity contribution in [3.8, 4) is 0 Å². The highest BCUT2D eigenvalue weighted by Crippen LogP contribution is 2.26. The maximum atomic E-state index is 12.5. The van der Waals surface area contributed by atoms with Gasteiger partial charge < -0.3 is 15.4 Å². The van der Waals surface area contributed by atoms with Gasteiger partial charge in [0.2, 0.25) is 5.91 Å². The van der Waals surface area contributed by atoms with E-state index in [1.807, 2.05) is 0 Å². The van der Waals surface area contributed by atoms with Gasteiger partial charge in [0.1, 0.15) is 0 Å². The molecule has 3 aliphatic rings. The number of ether oxygens (including phenoxy) is 1.